The van der Waals surface area contributed by atoms with Gasteiger partial charge in [0.05, 0.1) is 32.8 Å². The Kier molecular flexibility index (Phi) is 4.29. The van der Waals surface area contributed by atoms with Crippen LogP contribution in [0.15, 0.2) is 12.1 Å². The summed E-state index contributed by atoms with van der Waals surface area (Å²) in [5, 5.41) is 22.1. The third-order valence-electron chi connectivity index (χ3n) is 4.53. The molecule has 1 heterocycles. The Hall–Kier alpha value is -2.02. The molecule has 0 aromatic heterocycles. The molecule has 0 aliphatic carbocycles. The molecule has 0 fully saturated rings. The lowest BCUT2D eigenvalue weighted by atomic mass is 9.88. The van der Waals surface area contributed by atoms with Crippen molar-refractivity contribution in [1.82, 2.24) is 0 Å². The van der Waals surface area contributed by atoms with Crippen LogP contribution >= 0.6 is 0 Å². The predicted molar refractivity (Wildman–Crippen MR) is 88.8 cm³/mol. The molecule has 6 heteroatoms. The van der Waals surface area contributed by atoms with E-state index in [1.165, 1.54) is 7.11 Å². The standard InChI is InChI=1S/C18H22O6/c1-8-6-7-10-12(15(8)21-3)17(23-5)13-11(16(10)22-4)9(2)24-18(20)14(13)19/h6-7,9,14,18-20H,1-5H3/t9-,14-,18-/m0/s1. The van der Waals surface area contributed by atoms with E-state index in [-0.39, 0.29) is 0 Å². The Morgan fingerprint density at radius 1 is 0.917 bits per heavy atom. The summed E-state index contributed by atoms with van der Waals surface area (Å²) in [4.78, 5) is 0. The van der Waals surface area contributed by atoms with Crippen molar-refractivity contribution < 1.29 is 29.2 Å². The number of aryl methyl sites for hydroxylation is 1. The van der Waals surface area contributed by atoms with E-state index in [0.717, 1.165) is 10.9 Å². The summed E-state index contributed by atoms with van der Waals surface area (Å²) in [7, 11) is 4.69. The average molecular weight is 334 g/mol. The normalized spacial score (nSPS) is 23.0. The Morgan fingerprint density at radius 3 is 2.12 bits per heavy atom. The summed E-state index contributed by atoms with van der Waals surface area (Å²) in [5.74, 6) is 1.69. The highest BCUT2D eigenvalue weighted by Gasteiger charge is 2.38. The van der Waals surface area contributed by atoms with Gasteiger partial charge in [-0.1, -0.05) is 6.07 Å². The van der Waals surface area contributed by atoms with Crippen LogP contribution in [0.1, 0.15) is 35.8 Å². The van der Waals surface area contributed by atoms with Gasteiger partial charge in [-0.3, -0.25) is 0 Å². The molecule has 2 aromatic rings. The molecule has 0 saturated heterocycles. The molecular formula is C18H22O6. The van der Waals surface area contributed by atoms with Gasteiger partial charge >= 0.3 is 0 Å². The number of methoxy groups -OCH3 is 3. The smallest absolute Gasteiger partial charge is 0.185 e. The van der Waals surface area contributed by atoms with Gasteiger partial charge in [-0.15, -0.1) is 0 Å². The maximum absolute atomic E-state index is 10.5. The zero-order chi connectivity index (χ0) is 17.6. The second kappa shape index (κ2) is 6.12. The maximum Gasteiger partial charge on any atom is 0.185 e. The van der Waals surface area contributed by atoms with Crippen molar-refractivity contribution in [1.29, 1.82) is 0 Å². The minimum absolute atomic E-state index is 0.459. The number of ether oxygens (including phenoxy) is 4. The molecule has 24 heavy (non-hydrogen) atoms. The monoisotopic (exact) mass is 334 g/mol. The van der Waals surface area contributed by atoms with Crippen LogP contribution in [0.3, 0.4) is 0 Å². The summed E-state index contributed by atoms with van der Waals surface area (Å²) in [6.45, 7) is 3.73. The molecule has 130 valence electrons. The van der Waals surface area contributed by atoms with Crippen molar-refractivity contribution in [3.8, 4) is 17.2 Å². The van der Waals surface area contributed by atoms with Crippen LogP contribution in [-0.2, 0) is 4.74 Å². The van der Waals surface area contributed by atoms with Crippen LogP contribution < -0.4 is 14.2 Å². The number of hydrogen-bond acceptors (Lipinski definition) is 6. The molecule has 6 nitrogen and oxygen atoms in total. The first-order valence-corrected chi connectivity index (χ1v) is 7.72. The third-order valence-corrected chi connectivity index (χ3v) is 4.53. The molecule has 1 aliphatic rings. The molecule has 3 rings (SSSR count). The fourth-order valence-corrected chi connectivity index (χ4v) is 3.51. The highest BCUT2D eigenvalue weighted by atomic mass is 16.6. The lowest BCUT2D eigenvalue weighted by Gasteiger charge is -2.34. The SMILES string of the molecule is COc1c2c(c(OC)c3c(OC)c(C)ccc13)[C@H](O)[C@@H](O)O[C@H]2C. The van der Waals surface area contributed by atoms with Crippen molar-refractivity contribution >= 4 is 10.8 Å². The second-order valence-electron chi connectivity index (χ2n) is 5.85. The number of benzene rings is 2. The Balaban J connectivity index is 2.54. The minimum Gasteiger partial charge on any atom is -0.496 e. The summed E-state index contributed by atoms with van der Waals surface area (Å²) in [5.41, 5.74) is 2.07. The second-order valence-corrected chi connectivity index (χ2v) is 5.85. The molecule has 0 saturated carbocycles. The number of aliphatic hydroxyl groups is 2. The van der Waals surface area contributed by atoms with Crippen molar-refractivity contribution in [3.63, 3.8) is 0 Å². The zero-order valence-electron chi connectivity index (χ0n) is 14.4. The molecule has 2 aromatic carbocycles. The quantitative estimate of drug-likeness (QED) is 0.898. The first kappa shape index (κ1) is 16.8. The van der Waals surface area contributed by atoms with E-state index in [2.05, 4.69) is 0 Å². The molecular weight excluding hydrogens is 312 g/mol. The van der Waals surface area contributed by atoms with Crippen molar-refractivity contribution in [3.05, 3.63) is 28.8 Å². The maximum atomic E-state index is 10.5. The van der Waals surface area contributed by atoms with E-state index in [9.17, 15) is 10.2 Å². The average Bonchev–Trinajstić information content (AvgIpc) is 2.57. The lowest BCUT2D eigenvalue weighted by Crippen LogP contribution is -2.30. The van der Waals surface area contributed by atoms with Crippen molar-refractivity contribution in [2.24, 2.45) is 0 Å². The van der Waals surface area contributed by atoms with Gasteiger partial charge in [-0.2, -0.15) is 0 Å². The fraction of sp³-hybridized carbons (Fsp3) is 0.444. The molecule has 0 bridgehead atoms. The number of fused-ring (bicyclic) bond motifs is 2. The molecule has 0 unspecified atom stereocenters. The van der Waals surface area contributed by atoms with E-state index in [0.29, 0.717) is 33.8 Å². The first-order chi connectivity index (χ1) is 11.5. The molecule has 0 spiro atoms. The van der Waals surface area contributed by atoms with Gasteiger partial charge in [-0.25, -0.2) is 0 Å². The van der Waals surface area contributed by atoms with Crippen LogP contribution in [0, 0.1) is 6.92 Å². The van der Waals surface area contributed by atoms with Crippen molar-refractivity contribution in [2.75, 3.05) is 21.3 Å². The number of hydrogen-bond donors (Lipinski definition) is 2. The van der Waals surface area contributed by atoms with Gasteiger partial charge in [-0.05, 0) is 25.5 Å². The van der Waals surface area contributed by atoms with Crippen LogP contribution in [0.5, 0.6) is 17.2 Å². The fourth-order valence-electron chi connectivity index (χ4n) is 3.51. The van der Waals surface area contributed by atoms with E-state index < -0.39 is 18.5 Å². The third kappa shape index (κ3) is 2.22. The molecule has 3 atom stereocenters. The Bertz CT molecular complexity index is 785. The zero-order valence-corrected chi connectivity index (χ0v) is 14.4. The van der Waals surface area contributed by atoms with Crippen LogP contribution in [0.4, 0.5) is 0 Å². The van der Waals surface area contributed by atoms with E-state index in [1.807, 2.05) is 19.1 Å². The topological polar surface area (TPSA) is 77.4 Å². The van der Waals surface area contributed by atoms with E-state index >= 15 is 0 Å². The van der Waals surface area contributed by atoms with Crippen LogP contribution in [-0.4, -0.2) is 37.8 Å². The van der Waals surface area contributed by atoms with Gasteiger partial charge in [0.2, 0.25) is 0 Å². The number of rotatable bonds is 3. The molecule has 0 radical (unpaired) electrons. The Morgan fingerprint density at radius 2 is 1.54 bits per heavy atom. The predicted octanol–water partition coefficient (Wildman–Crippen LogP) is 2.62. The van der Waals surface area contributed by atoms with Crippen LogP contribution in [0.2, 0.25) is 0 Å². The minimum atomic E-state index is -1.33. The summed E-state index contributed by atoms with van der Waals surface area (Å²) < 4.78 is 22.3. The van der Waals surface area contributed by atoms with Gasteiger partial charge in [0, 0.05) is 16.5 Å². The highest BCUT2D eigenvalue weighted by molar-refractivity contribution is 6.01. The summed E-state index contributed by atoms with van der Waals surface area (Å²) in [6, 6.07) is 3.87. The largest absolute Gasteiger partial charge is 0.496 e. The summed E-state index contributed by atoms with van der Waals surface area (Å²) >= 11 is 0. The van der Waals surface area contributed by atoms with E-state index in [4.69, 9.17) is 18.9 Å². The number of aliphatic hydroxyl groups excluding tert-OH is 2. The lowest BCUT2D eigenvalue weighted by molar-refractivity contribution is -0.200. The van der Waals surface area contributed by atoms with Gasteiger partial charge in [0.25, 0.3) is 0 Å². The molecule has 2 N–H and O–H groups in total. The van der Waals surface area contributed by atoms with Crippen LogP contribution in [0.25, 0.3) is 10.8 Å². The van der Waals surface area contributed by atoms with Gasteiger partial charge in [0.15, 0.2) is 6.29 Å². The molecule has 0 amide bonds. The van der Waals surface area contributed by atoms with Gasteiger partial charge in [0.1, 0.15) is 23.4 Å². The van der Waals surface area contributed by atoms with E-state index in [1.54, 1.807) is 21.1 Å². The van der Waals surface area contributed by atoms with Gasteiger partial charge < -0.3 is 29.2 Å². The molecule has 1 aliphatic heterocycles. The highest BCUT2D eigenvalue weighted by Crippen LogP contribution is 2.52. The first-order valence-electron chi connectivity index (χ1n) is 7.72. The van der Waals surface area contributed by atoms with Crippen molar-refractivity contribution in [2.45, 2.75) is 32.3 Å². The summed E-state index contributed by atoms with van der Waals surface area (Å²) in [6.07, 6.45) is -3.03. The Labute approximate surface area is 140 Å².